The van der Waals surface area contributed by atoms with Crippen LogP contribution in [-0.4, -0.2) is 31.4 Å². The Morgan fingerprint density at radius 3 is 2.20 bits per heavy atom. The summed E-state index contributed by atoms with van der Waals surface area (Å²) in [6.07, 6.45) is 5.57. The fraction of sp³-hybridized carbons (Fsp3) is 0.467. The van der Waals surface area contributed by atoms with Gasteiger partial charge in [-0.3, -0.25) is 0 Å². The number of methoxy groups -OCH3 is 2. The van der Waals surface area contributed by atoms with Gasteiger partial charge in [0.15, 0.2) is 0 Å². The van der Waals surface area contributed by atoms with E-state index in [1.165, 1.54) is 5.57 Å². The van der Waals surface area contributed by atoms with E-state index in [0.29, 0.717) is 17.0 Å². The molecule has 0 aliphatic heterocycles. The van der Waals surface area contributed by atoms with Gasteiger partial charge in [-0.2, -0.15) is 0 Å². The lowest BCUT2D eigenvalue weighted by Gasteiger charge is -2.24. The first-order valence-corrected chi connectivity index (χ1v) is 6.86. The van der Waals surface area contributed by atoms with Crippen molar-refractivity contribution in [3.8, 4) is 11.5 Å². The quantitative estimate of drug-likeness (QED) is 0.647. The van der Waals surface area contributed by atoms with Gasteiger partial charge in [0.1, 0.15) is 11.5 Å². The summed E-state index contributed by atoms with van der Waals surface area (Å²) < 4.78 is 10.9. The van der Waals surface area contributed by atoms with Crippen molar-refractivity contribution in [1.82, 2.24) is 0 Å². The number of allylic oxidation sites excluding steroid dienone is 2. The summed E-state index contributed by atoms with van der Waals surface area (Å²) in [5.41, 5.74) is 2.73. The summed E-state index contributed by atoms with van der Waals surface area (Å²) in [4.78, 5) is 0. The van der Waals surface area contributed by atoms with E-state index in [1.807, 2.05) is 0 Å². The molecule has 4 nitrogen and oxygen atoms in total. The minimum absolute atomic E-state index is 0.249. The molecule has 0 saturated carbocycles. The van der Waals surface area contributed by atoms with Crippen LogP contribution in [-0.2, 0) is 0 Å². The molecule has 0 saturated heterocycles. The first-order valence-electron chi connectivity index (χ1n) is 6.86. The molecule has 0 radical (unpaired) electrons. The summed E-state index contributed by atoms with van der Waals surface area (Å²) in [5, 5.41) is 18.7. The van der Waals surface area contributed by atoms with Crippen molar-refractivity contribution in [2.45, 2.75) is 32.1 Å². The first-order chi connectivity index (χ1) is 9.56. The highest BCUT2D eigenvalue weighted by Gasteiger charge is 2.24. The van der Waals surface area contributed by atoms with Crippen LogP contribution in [0.4, 0.5) is 0 Å². The van der Waals surface area contributed by atoms with Crippen LogP contribution in [0.15, 0.2) is 23.8 Å². The summed E-state index contributed by atoms with van der Waals surface area (Å²) in [7, 11) is 1.65. The SMILES string of the molecule is COc1cc(B(O)O)cc(OC)c1C1C=C(C)CCC1. The molecule has 0 heterocycles. The molecule has 2 rings (SSSR count). The maximum Gasteiger partial charge on any atom is 0.488 e. The van der Waals surface area contributed by atoms with E-state index in [1.54, 1.807) is 26.4 Å². The maximum atomic E-state index is 9.34. The molecular formula is C15H21BO4. The molecule has 2 N–H and O–H groups in total. The monoisotopic (exact) mass is 276 g/mol. The molecule has 0 bridgehead atoms. The number of rotatable bonds is 4. The van der Waals surface area contributed by atoms with Gasteiger partial charge < -0.3 is 19.5 Å². The van der Waals surface area contributed by atoms with Crippen molar-refractivity contribution >= 4 is 12.6 Å². The fourth-order valence-electron chi connectivity index (χ4n) is 2.81. The zero-order valence-electron chi connectivity index (χ0n) is 12.2. The lowest BCUT2D eigenvalue weighted by atomic mass is 9.77. The molecule has 108 valence electrons. The van der Waals surface area contributed by atoms with E-state index in [2.05, 4.69) is 13.0 Å². The van der Waals surface area contributed by atoms with Gasteiger partial charge in [-0.15, -0.1) is 0 Å². The van der Waals surface area contributed by atoms with Crippen molar-refractivity contribution in [1.29, 1.82) is 0 Å². The number of ether oxygens (including phenoxy) is 2. The molecular weight excluding hydrogens is 255 g/mol. The van der Waals surface area contributed by atoms with E-state index in [9.17, 15) is 10.0 Å². The van der Waals surface area contributed by atoms with Gasteiger partial charge in [0.25, 0.3) is 0 Å². The molecule has 1 aliphatic carbocycles. The third-order valence-corrected chi connectivity index (χ3v) is 3.81. The Hall–Kier alpha value is -1.46. The largest absolute Gasteiger partial charge is 0.496 e. The normalized spacial score (nSPS) is 18.4. The highest BCUT2D eigenvalue weighted by Crippen LogP contribution is 2.40. The molecule has 20 heavy (non-hydrogen) atoms. The number of hydrogen-bond acceptors (Lipinski definition) is 4. The Labute approximate surface area is 120 Å². The Balaban J connectivity index is 2.53. The van der Waals surface area contributed by atoms with E-state index < -0.39 is 7.12 Å². The van der Waals surface area contributed by atoms with Gasteiger partial charge in [-0.1, -0.05) is 11.6 Å². The lowest BCUT2D eigenvalue weighted by Crippen LogP contribution is -2.30. The minimum Gasteiger partial charge on any atom is -0.496 e. The zero-order valence-corrected chi connectivity index (χ0v) is 12.2. The third-order valence-electron chi connectivity index (χ3n) is 3.81. The standard InChI is InChI=1S/C15H21BO4/c1-10-5-4-6-11(7-10)15-13(19-2)8-12(16(17)18)9-14(15)20-3/h7-9,11,17-18H,4-6H2,1-3H3. The second kappa shape index (κ2) is 6.33. The van der Waals surface area contributed by atoms with Crippen LogP contribution >= 0.6 is 0 Å². The van der Waals surface area contributed by atoms with E-state index in [0.717, 1.165) is 24.8 Å². The summed E-state index contributed by atoms with van der Waals surface area (Å²) in [6.45, 7) is 2.14. The molecule has 0 spiro atoms. The van der Waals surface area contributed by atoms with Crippen molar-refractivity contribution in [3.63, 3.8) is 0 Å². The lowest BCUT2D eigenvalue weighted by molar-refractivity contribution is 0.378. The highest BCUT2D eigenvalue weighted by atomic mass is 16.5. The molecule has 1 aromatic rings. The fourth-order valence-corrected chi connectivity index (χ4v) is 2.81. The Morgan fingerprint density at radius 1 is 1.15 bits per heavy atom. The minimum atomic E-state index is -1.53. The Kier molecular flexibility index (Phi) is 4.73. The molecule has 1 unspecified atom stereocenters. The van der Waals surface area contributed by atoms with Crippen LogP contribution in [0.2, 0.25) is 0 Å². The van der Waals surface area contributed by atoms with Crippen molar-refractivity contribution in [2.24, 2.45) is 0 Å². The smallest absolute Gasteiger partial charge is 0.488 e. The molecule has 1 aromatic carbocycles. The average Bonchev–Trinajstić information content (AvgIpc) is 2.45. The van der Waals surface area contributed by atoms with Crippen LogP contribution in [0.1, 0.15) is 37.7 Å². The van der Waals surface area contributed by atoms with Gasteiger partial charge in [0.2, 0.25) is 0 Å². The van der Waals surface area contributed by atoms with E-state index in [-0.39, 0.29) is 5.92 Å². The second-order valence-electron chi connectivity index (χ2n) is 5.22. The van der Waals surface area contributed by atoms with Gasteiger partial charge in [-0.05, 0) is 43.8 Å². The van der Waals surface area contributed by atoms with Crippen LogP contribution in [0.3, 0.4) is 0 Å². The highest BCUT2D eigenvalue weighted by molar-refractivity contribution is 6.58. The van der Waals surface area contributed by atoms with Crippen LogP contribution in [0.25, 0.3) is 0 Å². The number of benzene rings is 1. The molecule has 1 aliphatic rings. The summed E-state index contributed by atoms with van der Waals surface area (Å²) in [5.74, 6) is 1.53. The maximum absolute atomic E-state index is 9.34. The van der Waals surface area contributed by atoms with Gasteiger partial charge in [0.05, 0.1) is 14.2 Å². The van der Waals surface area contributed by atoms with Crippen molar-refractivity contribution in [2.75, 3.05) is 14.2 Å². The van der Waals surface area contributed by atoms with Crippen LogP contribution in [0, 0.1) is 0 Å². The summed E-state index contributed by atoms with van der Waals surface area (Å²) >= 11 is 0. The summed E-state index contributed by atoms with van der Waals surface area (Å²) in [6, 6.07) is 3.33. The zero-order chi connectivity index (χ0) is 14.7. The average molecular weight is 276 g/mol. The number of hydrogen-bond donors (Lipinski definition) is 2. The van der Waals surface area contributed by atoms with E-state index in [4.69, 9.17) is 9.47 Å². The van der Waals surface area contributed by atoms with Gasteiger partial charge in [-0.25, -0.2) is 0 Å². The predicted molar refractivity (Wildman–Crippen MR) is 79.7 cm³/mol. The van der Waals surface area contributed by atoms with Gasteiger partial charge in [0, 0.05) is 11.5 Å². The molecule has 0 aromatic heterocycles. The van der Waals surface area contributed by atoms with Crippen molar-refractivity contribution in [3.05, 3.63) is 29.3 Å². The first kappa shape index (κ1) is 14.9. The Bertz CT molecular complexity index is 486. The molecule has 0 amide bonds. The van der Waals surface area contributed by atoms with Gasteiger partial charge >= 0.3 is 7.12 Å². The van der Waals surface area contributed by atoms with Crippen LogP contribution in [0.5, 0.6) is 11.5 Å². The predicted octanol–water partition coefficient (Wildman–Crippen LogP) is 1.60. The van der Waals surface area contributed by atoms with E-state index >= 15 is 0 Å². The molecule has 1 atom stereocenters. The molecule has 0 fully saturated rings. The molecule has 5 heteroatoms. The van der Waals surface area contributed by atoms with Crippen molar-refractivity contribution < 1.29 is 19.5 Å². The third kappa shape index (κ3) is 2.99. The second-order valence-corrected chi connectivity index (χ2v) is 5.22. The Morgan fingerprint density at radius 2 is 1.75 bits per heavy atom. The van der Waals surface area contributed by atoms with Crippen LogP contribution < -0.4 is 14.9 Å². The topological polar surface area (TPSA) is 58.9 Å².